The number of aliphatic hydroxyl groups is 1. The fourth-order valence-corrected chi connectivity index (χ4v) is 2.65. The summed E-state index contributed by atoms with van der Waals surface area (Å²) < 4.78 is 4.71. The molecule has 1 aliphatic heterocycles. The average molecular weight is 307 g/mol. The number of carbonyl (C=O) groups is 1. The first-order chi connectivity index (χ1) is 10.6. The maximum atomic E-state index is 11.7. The molecule has 1 aliphatic rings. The SMILES string of the molecule is CCCCCC/C=C\C[C@H]1CCC(/C(C(=O)OC)=C(/C)O)=N1. The van der Waals surface area contributed by atoms with Crippen molar-refractivity contribution < 1.29 is 14.6 Å². The third-order valence-corrected chi connectivity index (χ3v) is 3.89. The van der Waals surface area contributed by atoms with Gasteiger partial charge in [0.15, 0.2) is 0 Å². The van der Waals surface area contributed by atoms with Crippen LogP contribution in [0, 0.1) is 0 Å². The summed E-state index contributed by atoms with van der Waals surface area (Å²) >= 11 is 0. The number of carbonyl (C=O) groups excluding carboxylic acids is 1. The Morgan fingerprint density at radius 1 is 1.36 bits per heavy atom. The van der Waals surface area contributed by atoms with E-state index in [1.54, 1.807) is 0 Å². The van der Waals surface area contributed by atoms with Crippen molar-refractivity contribution in [1.29, 1.82) is 0 Å². The third kappa shape index (κ3) is 6.04. The van der Waals surface area contributed by atoms with Crippen LogP contribution in [0.4, 0.5) is 0 Å². The number of hydrogen-bond donors (Lipinski definition) is 1. The molecule has 0 unspecified atom stereocenters. The fourth-order valence-electron chi connectivity index (χ4n) is 2.65. The number of allylic oxidation sites excluding steroid dienone is 2. The predicted octanol–water partition coefficient (Wildman–Crippen LogP) is 4.51. The summed E-state index contributed by atoms with van der Waals surface area (Å²) in [6, 6.07) is 0.209. The van der Waals surface area contributed by atoms with Gasteiger partial charge in [-0.15, -0.1) is 0 Å². The Morgan fingerprint density at radius 3 is 2.77 bits per heavy atom. The minimum atomic E-state index is -0.508. The van der Waals surface area contributed by atoms with Crippen LogP contribution in [-0.4, -0.2) is 29.9 Å². The molecule has 0 radical (unpaired) electrons. The van der Waals surface area contributed by atoms with E-state index < -0.39 is 5.97 Å². The summed E-state index contributed by atoms with van der Waals surface area (Å²) in [6.45, 7) is 3.72. The topological polar surface area (TPSA) is 58.9 Å². The van der Waals surface area contributed by atoms with Gasteiger partial charge >= 0.3 is 5.97 Å². The maximum absolute atomic E-state index is 11.7. The number of aliphatic imine (C=N–C) groups is 1. The normalized spacial score (nSPS) is 19.2. The van der Waals surface area contributed by atoms with Gasteiger partial charge in [-0.3, -0.25) is 4.99 Å². The van der Waals surface area contributed by atoms with Gasteiger partial charge in [0.25, 0.3) is 0 Å². The Bertz CT molecular complexity index is 445. The van der Waals surface area contributed by atoms with E-state index in [0.29, 0.717) is 5.71 Å². The van der Waals surface area contributed by atoms with E-state index in [9.17, 15) is 9.90 Å². The lowest BCUT2D eigenvalue weighted by Gasteiger charge is -2.05. The van der Waals surface area contributed by atoms with Crippen molar-refractivity contribution in [1.82, 2.24) is 0 Å². The average Bonchev–Trinajstić information content (AvgIpc) is 2.94. The van der Waals surface area contributed by atoms with E-state index in [1.807, 2.05) is 0 Å². The van der Waals surface area contributed by atoms with E-state index in [2.05, 4.69) is 24.1 Å². The van der Waals surface area contributed by atoms with Gasteiger partial charge in [-0.2, -0.15) is 0 Å². The Labute approximate surface area is 134 Å². The van der Waals surface area contributed by atoms with E-state index in [1.165, 1.54) is 39.7 Å². The molecule has 0 fully saturated rings. The molecule has 1 atom stereocenters. The molecule has 0 aromatic carbocycles. The van der Waals surface area contributed by atoms with Gasteiger partial charge in [0.2, 0.25) is 0 Å². The zero-order valence-electron chi connectivity index (χ0n) is 14.1. The van der Waals surface area contributed by atoms with Gasteiger partial charge < -0.3 is 9.84 Å². The maximum Gasteiger partial charge on any atom is 0.343 e. The first-order valence-electron chi connectivity index (χ1n) is 8.30. The lowest BCUT2D eigenvalue weighted by atomic mass is 10.1. The highest BCUT2D eigenvalue weighted by molar-refractivity contribution is 6.20. The van der Waals surface area contributed by atoms with Crippen LogP contribution < -0.4 is 0 Å². The monoisotopic (exact) mass is 307 g/mol. The summed E-state index contributed by atoms with van der Waals surface area (Å²) in [5.41, 5.74) is 0.904. The van der Waals surface area contributed by atoms with E-state index in [-0.39, 0.29) is 17.4 Å². The molecule has 1 rings (SSSR count). The van der Waals surface area contributed by atoms with Crippen molar-refractivity contribution in [3.63, 3.8) is 0 Å². The van der Waals surface area contributed by atoms with Crippen molar-refractivity contribution >= 4 is 11.7 Å². The predicted molar refractivity (Wildman–Crippen MR) is 90.3 cm³/mol. The van der Waals surface area contributed by atoms with Crippen molar-refractivity contribution in [2.24, 2.45) is 4.99 Å². The first-order valence-corrected chi connectivity index (χ1v) is 8.30. The lowest BCUT2D eigenvalue weighted by molar-refractivity contribution is -0.135. The molecule has 0 aromatic rings. The number of unbranched alkanes of at least 4 members (excludes halogenated alkanes) is 4. The molecule has 4 nitrogen and oxygen atoms in total. The van der Waals surface area contributed by atoms with Gasteiger partial charge in [-0.05, 0) is 39.0 Å². The molecule has 0 bridgehead atoms. The standard InChI is InChI=1S/C18H29NO3/c1-4-5-6-7-8-9-10-11-15-12-13-16(19-15)17(14(2)20)18(21)22-3/h9-10,15,20H,4-8,11-13H2,1-3H3/b10-9-,17-14+/t15-/m0/s1. The molecule has 22 heavy (non-hydrogen) atoms. The van der Waals surface area contributed by atoms with Crippen LogP contribution in [0.5, 0.6) is 0 Å². The Morgan fingerprint density at radius 2 is 2.14 bits per heavy atom. The number of nitrogens with zero attached hydrogens (tertiary/aromatic N) is 1. The van der Waals surface area contributed by atoms with E-state index >= 15 is 0 Å². The highest BCUT2D eigenvalue weighted by Crippen LogP contribution is 2.23. The minimum absolute atomic E-state index is 0.0160. The van der Waals surface area contributed by atoms with Crippen LogP contribution in [0.15, 0.2) is 28.5 Å². The first kappa shape index (κ1) is 18.5. The third-order valence-electron chi connectivity index (χ3n) is 3.89. The van der Waals surface area contributed by atoms with Crippen LogP contribution in [0.3, 0.4) is 0 Å². The quantitative estimate of drug-likeness (QED) is 0.224. The van der Waals surface area contributed by atoms with Gasteiger partial charge in [0.1, 0.15) is 11.3 Å². The molecule has 1 heterocycles. The fraction of sp³-hybridized carbons (Fsp3) is 0.667. The summed E-state index contributed by atoms with van der Waals surface area (Å²) in [7, 11) is 1.32. The van der Waals surface area contributed by atoms with Crippen LogP contribution in [0.1, 0.15) is 65.2 Å². The molecule has 0 amide bonds. The summed E-state index contributed by atoms with van der Waals surface area (Å²) in [6.07, 6.45) is 13.2. The van der Waals surface area contributed by atoms with Gasteiger partial charge in [0, 0.05) is 0 Å². The van der Waals surface area contributed by atoms with E-state index in [0.717, 1.165) is 25.7 Å². The smallest absolute Gasteiger partial charge is 0.343 e. The zero-order chi connectivity index (χ0) is 16.4. The second-order valence-electron chi connectivity index (χ2n) is 5.78. The van der Waals surface area contributed by atoms with Gasteiger partial charge in [0.05, 0.1) is 18.9 Å². The van der Waals surface area contributed by atoms with Crippen LogP contribution in [0.25, 0.3) is 0 Å². The molecule has 0 aliphatic carbocycles. The highest BCUT2D eigenvalue weighted by atomic mass is 16.5. The highest BCUT2D eigenvalue weighted by Gasteiger charge is 2.25. The van der Waals surface area contributed by atoms with Gasteiger partial charge in [-0.1, -0.05) is 38.3 Å². The minimum Gasteiger partial charge on any atom is -0.512 e. The number of esters is 1. The van der Waals surface area contributed by atoms with Crippen molar-refractivity contribution in [3.05, 3.63) is 23.5 Å². The Hall–Kier alpha value is -1.58. The number of aliphatic hydroxyl groups excluding tert-OH is 1. The molecule has 1 N–H and O–H groups in total. The number of rotatable bonds is 9. The number of hydrogen-bond acceptors (Lipinski definition) is 4. The molecular weight excluding hydrogens is 278 g/mol. The Balaban J connectivity index is 2.46. The van der Waals surface area contributed by atoms with Crippen LogP contribution in [-0.2, 0) is 9.53 Å². The summed E-state index contributed by atoms with van der Waals surface area (Å²) in [5.74, 6) is -0.524. The van der Waals surface area contributed by atoms with Crippen molar-refractivity contribution in [3.8, 4) is 0 Å². The van der Waals surface area contributed by atoms with Crippen molar-refractivity contribution in [2.75, 3.05) is 7.11 Å². The molecule has 124 valence electrons. The Kier molecular flexibility index (Phi) is 8.56. The number of methoxy groups -OCH3 is 1. The number of ether oxygens (including phenoxy) is 1. The largest absolute Gasteiger partial charge is 0.512 e. The second kappa shape index (κ2) is 10.2. The summed E-state index contributed by atoms with van der Waals surface area (Å²) in [4.78, 5) is 16.3. The molecule has 4 heteroatoms. The van der Waals surface area contributed by atoms with Crippen molar-refractivity contribution in [2.45, 2.75) is 71.3 Å². The molecule has 0 aromatic heterocycles. The van der Waals surface area contributed by atoms with Crippen LogP contribution >= 0.6 is 0 Å². The molecular formula is C18H29NO3. The second-order valence-corrected chi connectivity index (χ2v) is 5.78. The lowest BCUT2D eigenvalue weighted by Crippen LogP contribution is -2.15. The van der Waals surface area contributed by atoms with Crippen LogP contribution in [0.2, 0.25) is 0 Å². The van der Waals surface area contributed by atoms with E-state index in [4.69, 9.17) is 4.74 Å². The molecule has 0 spiro atoms. The molecule has 0 saturated heterocycles. The zero-order valence-corrected chi connectivity index (χ0v) is 14.1. The molecule has 0 saturated carbocycles. The van der Waals surface area contributed by atoms with Gasteiger partial charge in [-0.25, -0.2) is 4.79 Å². The summed E-state index contributed by atoms with van der Waals surface area (Å²) in [5, 5.41) is 9.66.